The molecule has 1 unspecified atom stereocenters. The second kappa shape index (κ2) is 4.86. The van der Waals surface area contributed by atoms with E-state index in [0.717, 1.165) is 18.5 Å². The minimum atomic E-state index is -2.83. The van der Waals surface area contributed by atoms with Crippen molar-refractivity contribution >= 4 is 22.2 Å². The van der Waals surface area contributed by atoms with E-state index in [0.29, 0.717) is 6.42 Å². The van der Waals surface area contributed by atoms with Gasteiger partial charge in [0.25, 0.3) is 0 Å². The number of hydrogen-bond acceptors (Lipinski definition) is 3. The second-order valence-corrected chi connectivity index (χ2v) is 5.53. The molecular weight excluding hydrogens is 210 g/mol. The molecule has 0 aromatic carbocycles. The molecule has 0 radical (unpaired) electrons. The monoisotopic (exact) mass is 225 g/mol. The summed E-state index contributed by atoms with van der Waals surface area (Å²) < 4.78 is 22.3. The topological polar surface area (TPSA) is 46.2 Å². The molecular formula is C8H16ClNO2S. The van der Waals surface area contributed by atoms with Crippen molar-refractivity contribution < 1.29 is 8.42 Å². The molecule has 0 saturated carbocycles. The van der Waals surface area contributed by atoms with Crippen LogP contribution in [0.3, 0.4) is 0 Å². The standard InChI is InChI=1S/C8H15NO2S.ClH/c1-9-7-3-5-8(6-4-7)12(2,10)11;/h3,8-9H,4-6H2,1-2H3;1H. The van der Waals surface area contributed by atoms with Crippen LogP contribution in [0.5, 0.6) is 0 Å². The van der Waals surface area contributed by atoms with E-state index in [1.54, 1.807) is 0 Å². The van der Waals surface area contributed by atoms with Gasteiger partial charge >= 0.3 is 0 Å². The zero-order valence-corrected chi connectivity index (χ0v) is 9.54. The number of rotatable bonds is 2. The Kier molecular flexibility index (Phi) is 4.78. The Hall–Kier alpha value is -0.220. The highest BCUT2D eigenvalue weighted by Crippen LogP contribution is 2.21. The fourth-order valence-corrected chi connectivity index (χ4v) is 2.42. The van der Waals surface area contributed by atoms with E-state index in [9.17, 15) is 8.42 Å². The van der Waals surface area contributed by atoms with Crippen molar-refractivity contribution in [1.82, 2.24) is 5.32 Å². The average molecular weight is 226 g/mol. The maximum atomic E-state index is 11.1. The molecule has 1 aliphatic carbocycles. The molecule has 0 heterocycles. The SMILES string of the molecule is CNC1=CCC(S(C)(=O)=O)CC1.Cl. The minimum Gasteiger partial charge on any atom is -0.392 e. The van der Waals surface area contributed by atoms with Gasteiger partial charge < -0.3 is 5.32 Å². The van der Waals surface area contributed by atoms with Gasteiger partial charge in [-0.05, 0) is 19.3 Å². The highest BCUT2D eigenvalue weighted by atomic mass is 35.5. The maximum Gasteiger partial charge on any atom is 0.150 e. The molecule has 0 aliphatic heterocycles. The van der Waals surface area contributed by atoms with Crippen LogP contribution in [-0.2, 0) is 9.84 Å². The van der Waals surface area contributed by atoms with Gasteiger partial charge in [-0.2, -0.15) is 0 Å². The lowest BCUT2D eigenvalue weighted by Crippen LogP contribution is -2.24. The first-order valence-electron chi connectivity index (χ1n) is 4.09. The molecule has 1 atom stereocenters. The van der Waals surface area contributed by atoms with Gasteiger partial charge in [-0.25, -0.2) is 8.42 Å². The van der Waals surface area contributed by atoms with E-state index in [2.05, 4.69) is 5.32 Å². The Morgan fingerprint density at radius 3 is 2.46 bits per heavy atom. The van der Waals surface area contributed by atoms with Gasteiger partial charge in [0.05, 0.1) is 5.25 Å². The van der Waals surface area contributed by atoms with E-state index < -0.39 is 9.84 Å². The fourth-order valence-electron chi connectivity index (χ4n) is 1.43. The van der Waals surface area contributed by atoms with E-state index in [4.69, 9.17) is 0 Å². The third-order valence-corrected chi connectivity index (χ3v) is 3.93. The average Bonchev–Trinajstić information content (AvgIpc) is 2.03. The maximum absolute atomic E-state index is 11.1. The van der Waals surface area contributed by atoms with Crippen molar-refractivity contribution in [3.63, 3.8) is 0 Å². The number of hydrogen-bond donors (Lipinski definition) is 1. The summed E-state index contributed by atoms with van der Waals surface area (Å²) in [6.07, 6.45) is 5.57. The summed E-state index contributed by atoms with van der Waals surface area (Å²) in [6, 6.07) is 0. The Balaban J connectivity index is 0.00000144. The molecule has 0 spiro atoms. The minimum absolute atomic E-state index is 0. The van der Waals surface area contributed by atoms with E-state index in [1.807, 2.05) is 13.1 Å². The van der Waals surface area contributed by atoms with Gasteiger partial charge in [-0.3, -0.25) is 0 Å². The van der Waals surface area contributed by atoms with Gasteiger partial charge in [0, 0.05) is 19.0 Å². The summed E-state index contributed by atoms with van der Waals surface area (Å²) >= 11 is 0. The Morgan fingerprint density at radius 1 is 1.54 bits per heavy atom. The van der Waals surface area contributed by atoms with Crippen LogP contribution in [0.4, 0.5) is 0 Å². The molecule has 1 N–H and O–H groups in total. The number of allylic oxidation sites excluding steroid dienone is 2. The summed E-state index contributed by atoms with van der Waals surface area (Å²) in [6.45, 7) is 0. The molecule has 0 saturated heterocycles. The zero-order valence-electron chi connectivity index (χ0n) is 7.91. The summed E-state index contributed by atoms with van der Waals surface area (Å²) in [5, 5.41) is 2.88. The van der Waals surface area contributed by atoms with Crippen LogP contribution in [0.25, 0.3) is 0 Å². The van der Waals surface area contributed by atoms with Gasteiger partial charge in [0.2, 0.25) is 0 Å². The van der Waals surface area contributed by atoms with Crippen molar-refractivity contribution in [1.29, 1.82) is 0 Å². The molecule has 0 bridgehead atoms. The number of halogens is 1. The quantitative estimate of drug-likeness (QED) is 0.766. The van der Waals surface area contributed by atoms with Crippen molar-refractivity contribution in [2.45, 2.75) is 24.5 Å². The predicted octanol–water partition coefficient (Wildman–Crippen LogP) is 1.11. The van der Waals surface area contributed by atoms with E-state index >= 15 is 0 Å². The normalized spacial score (nSPS) is 22.9. The van der Waals surface area contributed by atoms with Crippen molar-refractivity contribution in [2.75, 3.05) is 13.3 Å². The highest BCUT2D eigenvalue weighted by molar-refractivity contribution is 7.91. The van der Waals surface area contributed by atoms with Gasteiger partial charge in [0.1, 0.15) is 0 Å². The predicted molar refractivity (Wildman–Crippen MR) is 56.9 cm³/mol. The molecule has 1 rings (SSSR count). The summed E-state index contributed by atoms with van der Waals surface area (Å²) in [4.78, 5) is 0. The lowest BCUT2D eigenvalue weighted by Gasteiger charge is -2.19. The molecule has 0 amide bonds. The van der Waals surface area contributed by atoms with Gasteiger partial charge in [0.15, 0.2) is 9.84 Å². The van der Waals surface area contributed by atoms with Crippen LogP contribution >= 0.6 is 12.4 Å². The lowest BCUT2D eigenvalue weighted by atomic mass is 10.0. The summed E-state index contributed by atoms with van der Waals surface area (Å²) in [5.41, 5.74) is 1.16. The first kappa shape index (κ1) is 12.8. The molecule has 0 aromatic heterocycles. The molecule has 5 heteroatoms. The zero-order chi connectivity index (χ0) is 9.19. The third-order valence-electron chi connectivity index (χ3n) is 2.29. The number of nitrogens with one attached hydrogen (secondary N) is 1. The smallest absolute Gasteiger partial charge is 0.150 e. The third kappa shape index (κ3) is 3.56. The second-order valence-electron chi connectivity index (χ2n) is 3.21. The van der Waals surface area contributed by atoms with Crippen molar-refractivity contribution in [3.05, 3.63) is 11.8 Å². The molecule has 13 heavy (non-hydrogen) atoms. The molecule has 1 aliphatic rings. The molecule has 0 fully saturated rings. The van der Waals surface area contributed by atoms with Gasteiger partial charge in [-0.15, -0.1) is 12.4 Å². The lowest BCUT2D eigenvalue weighted by molar-refractivity contribution is 0.566. The largest absolute Gasteiger partial charge is 0.392 e. The first-order chi connectivity index (χ1) is 5.54. The van der Waals surface area contributed by atoms with Crippen LogP contribution in [0, 0.1) is 0 Å². The summed E-state index contributed by atoms with van der Waals surface area (Å²) in [7, 11) is -0.962. The summed E-state index contributed by atoms with van der Waals surface area (Å²) in [5.74, 6) is 0. The van der Waals surface area contributed by atoms with E-state index in [1.165, 1.54) is 6.26 Å². The van der Waals surface area contributed by atoms with Crippen LogP contribution < -0.4 is 5.32 Å². The molecule has 78 valence electrons. The molecule has 0 aromatic rings. The first-order valence-corrected chi connectivity index (χ1v) is 6.05. The van der Waals surface area contributed by atoms with Crippen LogP contribution in [-0.4, -0.2) is 27.0 Å². The van der Waals surface area contributed by atoms with Crippen molar-refractivity contribution in [2.24, 2.45) is 0 Å². The Morgan fingerprint density at radius 2 is 2.15 bits per heavy atom. The van der Waals surface area contributed by atoms with E-state index in [-0.39, 0.29) is 17.7 Å². The van der Waals surface area contributed by atoms with Crippen LogP contribution in [0.1, 0.15) is 19.3 Å². The van der Waals surface area contributed by atoms with Crippen LogP contribution in [0.2, 0.25) is 0 Å². The highest BCUT2D eigenvalue weighted by Gasteiger charge is 2.22. The fraction of sp³-hybridized carbons (Fsp3) is 0.750. The van der Waals surface area contributed by atoms with Crippen molar-refractivity contribution in [3.8, 4) is 0 Å². The molecule has 3 nitrogen and oxygen atoms in total. The number of sulfone groups is 1. The Labute approximate surface area is 85.9 Å². The van der Waals surface area contributed by atoms with Crippen LogP contribution in [0.15, 0.2) is 11.8 Å². The van der Waals surface area contributed by atoms with Gasteiger partial charge in [-0.1, -0.05) is 6.08 Å². The Bertz CT molecular complexity index is 285.